The molecule has 1 fully saturated rings. The van der Waals surface area contributed by atoms with Gasteiger partial charge < -0.3 is 4.57 Å². The monoisotopic (exact) mass is 420 g/mol. The maximum Gasteiger partial charge on any atom is 0.125 e. The van der Waals surface area contributed by atoms with Gasteiger partial charge in [0, 0.05) is 14.9 Å². The first-order valence-corrected chi connectivity index (χ1v) is 9.74. The zero-order chi connectivity index (χ0) is 14.1. The third-order valence-electron chi connectivity index (χ3n) is 3.97. The largest absolute Gasteiger partial charge is 0.323 e. The van der Waals surface area contributed by atoms with Crippen molar-refractivity contribution in [3.05, 3.63) is 27.6 Å². The molecule has 0 aliphatic heterocycles. The molecule has 5 heteroatoms. The predicted octanol–water partition coefficient (Wildman–Crippen LogP) is 5.23. The predicted molar refractivity (Wildman–Crippen MR) is 96.8 cm³/mol. The van der Waals surface area contributed by atoms with E-state index in [9.17, 15) is 0 Å². The minimum Gasteiger partial charge on any atom is -0.323 e. The normalized spacial score (nSPS) is 22.8. The molecule has 0 bridgehead atoms. The van der Waals surface area contributed by atoms with E-state index >= 15 is 0 Å². The van der Waals surface area contributed by atoms with Crippen LogP contribution in [0, 0.1) is 3.57 Å². The van der Waals surface area contributed by atoms with Crippen LogP contribution in [0.1, 0.15) is 38.1 Å². The molecule has 1 aliphatic carbocycles. The molecule has 0 amide bonds. The molecular formula is C15H18ClIN2S. The number of hydrogen-bond acceptors (Lipinski definition) is 2. The van der Waals surface area contributed by atoms with Crippen LogP contribution in [0.3, 0.4) is 0 Å². The van der Waals surface area contributed by atoms with Gasteiger partial charge in [-0.2, -0.15) is 11.8 Å². The molecule has 0 radical (unpaired) electrons. The standard InChI is InChI=1S/C15H18ClIN2S/c1-2-20-14-5-3-4-13(14)19-12-7-6-10(17)8-11(12)18-15(19)9-16/h6-8,13-14H,2-5,9H2,1H3. The summed E-state index contributed by atoms with van der Waals surface area (Å²) in [7, 11) is 0. The summed E-state index contributed by atoms with van der Waals surface area (Å²) in [5, 5.41) is 0.707. The van der Waals surface area contributed by atoms with E-state index in [4.69, 9.17) is 16.6 Å². The summed E-state index contributed by atoms with van der Waals surface area (Å²) in [6.07, 6.45) is 3.88. The topological polar surface area (TPSA) is 17.8 Å². The van der Waals surface area contributed by atoms with Crippen LogP contribution in [0.2, 0.25) is 0 Å². The molecule has 2 aromatic rings. The van der Waals surface area contributed by atoms with E-state index in [-0.39, 0.29) is 0 Å². The second-order valence-corrected chi connectivity index (χ2v) is 8.19. The molecule has 0 spiro atoms. The number of hydrogen-bond donors (Lipinski definition) is 0. The van der Waals surface area contributed by atoms with Crippen LogP contribution >= 0.6 is 46.0 Å². The minimum atomic E-state index is 0.491. The zero-order valence-corrected chi connectivity index (χ0v) is 15.2. The lowest BCUT2D eigenvalue weighted by Gasteiger charge is -2.22. The minimum absolute atomic E-state index is 0.491. The van der Waals surface area contributed by atoms with E-state index in [2.05, 4.69) is 64.0 Å². The zero-order valence-electron chi connectivity index (χ0n) is 11.5. The summed E-state index contributed by atoms with van der Waals surface area (Å²) in [5.41, 5.74) is 2.33. The average Bonchev–Trinajstić information content (AvgIpc) is 3.01. The van der Waals surface area contributed by atoms with E-state index in [0.29, 0.717) is 17.2 Å². The molecule has 1 aromatic heterocycles. The molecule has 1 aromatic carbocycles. The van der Waals surface area contributed by atoms with E-state index in [1.807, 2.05) is 0 Å². The number of benzene rings is 1. The number of fused-ring (bicyclic) bond motifs is 1. The first-order chi connectivity index (χ1) is 9.74. The smallest absolute Gasteiger partial charge is 0.125 e. The highest BCUT2D eigenvalue weighted by atomic mass is 127. The van der Waals surface area contributed by atoms with E-state index in [0.717, 1.165) is 11.3 Å². The van der Waals surface area contributed by atoms with Gasteiger partial charge in [0.1, 0.15) is 5.82 Å². The average molecular weight is 421 g/mol. The Balaban J connectivity index is 2.09. The number of aromatic nitrogens is 2. The molecule has 2 unspecified atom stereocenters. The van der Waals surface area contributed by atoms with Crippen molar-refractivity contribution in [2.24, 2.45) is 0 Å². The fourth-order valence-corrected chi connectivity index (χ4v) is 5.10. The lowest BCUT2D eigenvalue weighted by atomic mass is 10.2. The van der Waals surface area contributed by atoms with Crippen LogP contribution in [0.5, 0.6) is 0 Å². The van der Waals surface area contributed by atoms with Crippen LogP contribution < -0.4 is 0 Å². The molecule has 0 saturated heterocycles. The Morgan fingerprint density at radius 1 is 1.45 bits per heavy atom. The summed E-state index contributed by atoms with van der Waals surface area (Å²) >= 11 is 10.6. The number of nitrogens with zero attached hydrogens (tertiary/aromatic N) is 2. The molecule has 0 N–H and O–H groups in total. The second kappa shape index (κ2) is 6.44. The van der Waals surface area contributed by atoms with Gasteiger partial charge in [0.05, 0.1) is 16.9 Å². The lowest BCUT2D eigenvalue weighted by molar-refractivity contribution is 0.527. The Kier molecular flexibility index (Phi) is 4.82. The molecular weight excluding hydrogens is 403 g/mol. The van der Waals surface area contributed by atoms with Crippen molar-refractivity contribution in [2.75, 3.05) is 5.75 Å². The molecule has 108 valence electrons. The molecule has 2 nitrogen and oxygen atoms in total. The molecule has 1 saturated carbocycles. The summed E-state index contributed by atoms with van der Waals surface area (Å²) in [5.74, 6) is 2.70. The maximum atomic E-state index is 6.15. The van der Waals surface area contributed by atoms with Gasteiger partial charge in [0.2, 0.25) is 0 Å². The van der Waals surface area contributed by atoms with Crippen molar-refractivity contribution in [3.8, 4) is 0 Å². The Labute approximate surface area is 142 Å². The molecule has 1 aliphatic rings. The van der Waals surface area contributed by atoms with Crippen molar-refractivity contribution < 1.29 is 0 Å². The van der Waals surface area contributed by atoms with Crippen LogP contribution in [-0.4, -0.2) is 20.6 Å². The second-order valence-electron chi connectivity index (χ2n) is 5.16. The molecule has 3 rings (SSSR count). The summed E-state index contributed by atoms with van der Waals surface area (Å²) in [4.78, 5) is 4.75. The van der Waals surface area contributed by atoms with Crippen LogP contribution in [0.15, 0.2) is 18.2 Å². The first-order valence-electron chi connectivity index (χ1n) is 7.08. The Morgan fingerprint density at radius 3 is 3.05 bits per heavy atom. The molecule has 1 heterocycles. The van der Waals surface area contributed by atoms with Gasteiger partial charge in [-0.3, -0.25) is 0 Å². The number of alkyl halides is 1. The fraction of sp³-hybridized carbons (Fsp3) is 0.533. The first kappa shape index (κ1) is 15.0. The third-order valence-corrected chi connectivity index (χ3v) is 6.20. The van der Waals surface area contributed by atoms with Gasteiger partial charge in [0.15, 0.2) is 0 Å². The highest BCUT2D eigenvalue weighted by molar-refractivity contribution is 14.1. The maximum absolute atomic E-state index is 6.15. The number of halogens is 2. The van der Waals surface area contributed by atoms with E-state index < -0.39 is 0 Å². The molecule has 20 heavy (non-hydrogen) atoms. The van der Waals surface area contributed by atoms with Gasteiger partial charge in [-0.15, -0.1) is 11.6 Å². The van der Waals surface area contributed by atoms with Gasteiger partial charge >= 0.3 is 0 Å². The van der Waals surface area contributed by atoms with Gasteiger partial charge in [-0.05, 0) is 59.4 Å². The van der Waals surface area contributed by atoms with Crippen molar-refractivity contribution in [1.29, 1.82) is 0 Å². The summed E-state index contributed by atoms with van der Waals surface area (Å²) in [6.45, 7) is 2.25. The van der Waals surface area contributed by atoms with Gasteiger partial charge in [-0.1, -0.05) is 13.3 Å². The van der Waals surface area contributed by atoms with Gasteiger partial charge in [0.25, 0.3) is 0 Å². The molecule has 2 atom stereocenters. The summed E-state index contributed by atoms with van der Waals surface area (Å²) in [6, 6.07) is 7.07. The Morgan fingerprint density at radius 2 is 2.30 bits per heavy atom. The number of rotatable bonds is 4. The quantitative estimate of drug-likeness (QED) is 0.498. The van der Waals surface area contributed by atoms with Gasteiger partial charge in [-0.25, -0.2) is 4.98 Å². The fourth-order valence-electron chi connectivity index (χ4n) is 3.20. The third kappa shape index (κ3) is 2.71. The van der Waals surface area contributed by atoms with Crippen molar-refractivity contribution in [3.63, 3.8) is 0 Å². The lowest BCUT2D eigenvalue weighted by Crippen LogP contribution is -2.18. The Bertz CT molecular complexity index is 613. The van der Waals surface area contributed by atoms with Crippen molar-refractivity contribution in [2.45, 2.75) is 43.4 Å². The van der Waals surface area contributed by atoms with E-state index in [1.54, 1.807) is 0 Å². The number of imidazole rings is 1. The Hall–Kier alpha value is 0.0600. The summed E-state index contributed by atoms with van der Waals surface area (Å²) < 4.78 is 3.64. The highest BCUT2D eigenvalue weighted by Crippen LogP contribution is 2.41. The van der Waals surface area contributed by atoms with Crippen molar-refractivity contribution >= 4 is 57.0 Å². The number of thioether (sulfide) groups is 1. The van der Waals surface area contributed by atoms with Crippen LogP contribution in [0.25, 0.3) is 11.0 Å². The SMILES string of the molecule is CCSC1CCCC1n1c(CCl)nc2cc(I)ccc21. The van der Waals surface area contributed by atoms with Crippen LogP contribution in [-0.2, 0) is 5.88 Å². The highest BCUT2D eigenvalue weighted by Gasteiger charge is 2.31. The van der Waals surface area contributed by atoms with Crippen molar-refractivity contribution in [1.82, 2.24) is 9.55 Å². The van der Waals surface area contributed by atoms with E-state index in [1.165, 1.54) is 34.1 Å². The van der Waals surface area contributed by atoms with Crippen LogP contribution in [0.4, 0.5) is 0 Å².